The molecule has 0 saturated carbocycles. The zero-order valence-electron chi connectivity index (χ0n) is 6.46. The van der Waals surface area contributed by atoms with Crippen LogP contribution >= 0.6 is 0 Å². The molecule has 1 heterocycles. The van der Waals surface area contributed by atoms with Gasteiger partial charge < -0.3 is 4.90 Å². The van der Waals surface area contributed by atoms with Gasteiger partial charge in [0.25, 0.3) is 0 Å². The molecule has 0 radical (unpaired) electrons. The van der Waals surface area contributed by atoms with E-state index in [1.54, 1.807) is 0 Å². The van der Waals surface area contributed by atoms with Crippen molar-refractivity contribution in [3.8, 4) is 0 Å². The topological polar surface area (TPSA) is 37.4 Å². The summed E-state index contributed by atoms with van der Waals surface area (Å²) in [4.78, 5) is 2.00. The van der Waals surface area contributed by atoms with Crippen molar-refractivity contribution in [2.75, 3.05) is 20.1 Å². The van der Waals surface area contributed by atoms with E-state index < -0.39 is 15.5 Å². The van der Waals surface area contributed by atoms with Crippen LogP contribution in [0, 0.1) is 0 Å². The standard InChI is InChI=1S/C6H12FNO2S/c1-8-4-2-6(3-5-8)11(7,9)10/h6H,2-5H2,1H3. The predicted octanol–water partition coefficient (Wildman–Crippen LogP) is 0.380. The number of nitrogens with zero attached hydrogens (tertiary/aromatic N) is 1. The monoisotopic (exact) mass is 181 g/mol. The highest BCUT2D eigenvalue weighted by Gasteiger charge is 2.28. The van der Waals surface area contributed by atoms with Crippen LogP contribution in [0.25, 0.3) is 0 Å². The SMILES string of the molecule is CN1CCC(S(=O)(=O)F)CC1. The van der Waals surface area contributed by atoms with Crippen LogP contribution in [-0.4, -0.2) is 38.7 Å². The Balaban J connectivity index is 2.53. The Morgan fingerprint density at radius 2 is 1.82 bits per heavy atom. The van der Waals surface area contributed by atoms with Crippen LogP contribution in [0.1, 0.15) is 12.8 Å². The summed E-state index contributed by atoms with van der Waals surface area (Å²) < 4.78 is 33.2. The summed E-state index contributed by atoms with van der Waals surface area (Å²) in [6.07, 6.45) is 0.852. The summed E-state index contributed by atoms with van der Waals surface area (Å²) in [5.74, 6) is 0. The Bertz CT molecular complexity index is 219. The molecule has 5 heteroatoms. The van der Waals surface area contributed by atoms with Gasteiger partial charge >= 0.3 is 10.2 Å². The average Bonchev–Trinajstić information content (AvgIpc) is 1.86. The molecule has 0 aromatic heterocycles. The van der Waals surface area contributed by atoms with Crippen molar-refractivity contribution in [3.05, 3.63) is 0 Å². The summed E-state index contributed by atoms with van der Waals surface area (Å²) in [7, 11) is -2.37. The van der Waals surface area contributed by atoms with Crippen molar-refractivity contribution in [1.82, 2.24) is 4.90 Å². The number of likely N-dealkylation sites (tertiary alicyclic amines) is 1. The second-order valence-electron chi connectivity index (χ2n) is 2.98. The minimum Gasteiger partial charge on any atom is -0.306 e. The van der Waals surface area contributed by atoms with E-state index in [0.717, 1.165) is 0 Å². The summed E-state index contributed by atoms with van der Waals surface area (Å²) in [5.41, 5.74) is 0. The van der Waals surface area contributed by atoms with Crippen molar-refractivity contribution in [2.24, 2.45) is 0 Å². The number of hydrogen-bond acceptors (Lipinski definition) is 3. The Morgan fingerprint density at radius 1 is 1.36 bits per heavy atom. The van der Waals surface area contributed by atoms with Crippen LogP contribution in [0.15, 0.2) is 0 Å². The first kappa shape index (κ1) is 8.93. The van der Waals surface area contributed by atoms with Crippen LogP contribution in [0.3, 0.4) is 0 Å². The van der Waals surface area contributed by atoms with E-state index >= 15 is 0 Å². The fraction of sp³-hybridized carbons (Fsp3) is 1.00. The fourth-order valence-corrected chi connectivity index (χ4v) is 2.04. The maximum absolute atomic E-state index is 12.4. The molecule has 0 atom stereocenters. The molecule has 66 valence electrons. The summed E-state index contributed by atoms with van der Waals surface area (Å²) in [6.45, 7) is 1.35. The average molecular weight is 181 g/mol. The van der Waals surface area contributed by atoms with Crippen molar-refractivity contribution in [3.63, 3.8) is 0 Å². The number of halogens is 1. The highest BCUT2D eigenvalue weighted by atomic mass is 32.3. The molecular formula is C6H12FNO2S. The Hall–Kier alpha value is -0.160. The highest BCUT2D eigenvalue weighted by molar-refractivity contribution is 7.87. The molecule has 1 fully saturated rings. The van der Waals surface area contributed by atoms with Crippen molar-refractivity contribution < 1.29 is 12.3 Å². The molecule has 0 aromatic carbocycles. The zero-order valence-corrected chi connectivity index (χ0v) is 7.27. The molecule has 0 spiro atoms. The van der Waals surface area contributed by atoms with Gasteiger partial charge in [0.15, 0.2) is 0 Å². The zero-order chi connectivity index (χ0) is 8.48. The molecule has 0 amide bonds. The van der Waals surface area contributed by atoms with Gasteiger partial charge in [-0.2, -0.15) is 8.42 Å². The van der Waals surface area contributed by atoms with E-state index in [-0.39, 0.29) is 0 Å². The van der Waals surface area contributed by atoms with E-state index in [9.17, 15) is 12.3 Å². The van der Waals surface area contributed by atoms with Crippen LogP contribution < -0.4 is 0 Å². The minimum absolute atomic E-state index is 0.426. The van der Waals surface area contributed by atoms with Gasteiger partial charge in [0.1, 0.15) is 0 Å². The Morgan fingerprint density at radius 3 is 2.18 bits per heavy atom. The molecule has 0 N–H and O–H groups in total. The van der Waals surface area contributed by atoms with E-state index in [0.29, 0.717) is 25.9 Å². The van der Waals surface area contributed by atoms with Crippen LogP contribution in [0.2, 0.25) is 0 Å². The summed E-state index contributed by atoms with van der Waals surface area (Å²) >= 11 is 0. The van der Waals surface area contributed by atoms with Crippen LogP contribution in [-0.2, 0) is 10.2 Å². The molecule has 11 heavy (non-hydrogen) atoms. The Labute approximate surface area is 66.4 Å². The van der Waals surface area contributed by atoms with Crippen LogP contribution in [0.5, 0.6) is 0 Å². The first-order valence-electron chi connectivity index (χ1n) is 3.62. The maximum atomic E-state index is 12.4. The van der Waals surface area contributed by atoms with E-state index in [1.807, 2.05) is 11.9 Å². The summed E-state index contributed by atoms with van der Waals surface area (Å²) in [5, 5.41) is -0.751. The van der Waals surface area contributed by atoms with Gasteiger partial charge in [-0.3, -0.25) is 0 Å². The molecule has 3 nitrogen and oxygen atoms in total. The molecule has 0 bridgehead atoms. The predicted molar refractivity (Wildman–Crippen MR) is 40.5 cm³/mol. The van der Waals surface area contributed by atoms with Gasteiger partial charge in [-0.05, 0) is 33.0 Å². The van der Waals surface area contributed by atoms with Crippen molar-refractivity contribution >= 4 is 10.2 Å². The van der Waals surface area contributed by atoms with Gasteiger partial charge in [-0.25, -0.2) is 0 Å². The largest absolute Gasteiger partial charge is 0.306 e. The highest BCUT2D eigenvalue weighted by Crippen LogP contribution is 2.17. The molecule has 1 rings (SSSR count). The fourth-order valence-electron chi connectivity index (χ4n) is 1.27. The van der Waals surface area contributed by atoms with E-state index in [4.69, 9.17) is 0 Å². The smallest absolute Gasteiger partial charge is 0.305 e. The molecule has 0 aliphatic carbocycles. The molecule has 1 saturated heterocycles. The van der Waals surface area contributed by atoms with Crippen molar-refractivity contribution in [2.45, 2.75) is 18.1 Å². The van der Waals surface area contributed by atoms with Gasteiger partial charge in [0.2, 0.25) is 0 Å². The number of piperidine rings is 1. The second kappa shape index (κ2) is 3.06. The molecule has 0 aromatic rings. The quantitative estimate of drug-likeness (QED) is 0.549. The second-order valence-corrected chi connectivity index (χ2v) is 4.60. The lowest BCUT2D eigenvalue weighted by atomic mass is 10.1. The number of rotatable bonds is 1. The lowest BCUT2D eigenvalue weighted by molar-refractivity contribution is 0.275. The van der Waals surface area contributed by atoms with E-state index in [2.05, 4.69) is 0 Å². The Kier molecular flexibility index (Phi) is 2.49. The molecule has 1 aliphatic rings. The first-order valence-corrected chi connectivity index (χ1v) is 5.07. The molecular weight excluding hydrogens is 169 g/mol. The van der Waals surface area contributed by atoms with Gasteiger partial charge in [-0.15, -0.1) is 3.89 Å². The third kappa shape index (κ3) is 2.41. The number of hydrogen-bond donors (Lipinski definition) is 0. The van der Waals surface area contributed by atoms with Crippen molar-refractivity contribution in [1.29, 1.82) is 0 Å². The van der Waals surface area contributed by atoms with E-state index in [1.165, 1.54) is 0 Å². The van der Waals surface area contributed by atoms with Gasteiger partial charge in [0, 0.05) is 0 Å². The normalized spacial score (nSPS) is 23.8. The molecule has 1 aliphatic heterocycles. The van der Waals surface area contributed by atoms with Gasteiger partial charge in [-0.1, -0.05) is 0 Å². The minimum atomic E-state index is -4.28. The third-order valence-electron chi connectivity index (χ3n) is 2.06. The lowest BCUT2D eigenvalue weighted by Crippen LogP contribution is -2.35. The molecule has 0 unspecified atom stereocenters. The van der Waals surface area contributed by atoms with Gasteiger partial charge in [0.05, 0.1) is 5.25 Å². The third-order valence-corrected chi connectivity index (χ3v) is 3.33. The lowest BCUT2D eigenvalue weighted by Gasteiger charge is -2.26. The summed E-state index contributed by atoms with van der Waals surface area (Å²) in [6, 6.07) is 0. The first-order chi connectivity index (χ1) is 5.00. The maximum Gasteiger partial charge on any atom is 0.305 e. The van der Waals surface area contributed by atoms with Crippen LogP contribution in [0.4, 0.5) is 3.89 Å².